The zero-order valence-electron chi connectivity index (χ0n) is 15.6. The first-order valence-corrected chi connectivity index (χ1v) is 9.63. The first-order chi connectivity index (χ1) is 13.7. The van der Waals surface area contributed by atoms with Crippen LogP contribution in [-0.2, 0) is 12.8 Å². The summed E-state index contributed by atoms with van der Waals surface area (Å²) in [5.41, 5.74) is 5.36. The molecule has 1 N–H and O–H groups in total. The Morgan fingerprint density at radius 2 is 1.57 bits per heavy atom. The van der Waals surface area contributed by atoms with Crippen LogP contribution in [-0.4, -0.2) is 4.98 Å². The van der Waals surface area contributed by atoms with E-state index in [0.717, 1.165) is 31.4 Å². The number of anilines is 2. The van der Waals surface area contributed by atoms with Crippen LogP contribution in [0.4, 0.5) is 20.2 Å². The minimum atomic E-state index is -0.498. The Labute approximate surface area is 164 Å². The van der Waals surface area contributed by atoms with E-state index >= 15 is 0 Å². The van der Waals surface area contributed by atoms with Gasteiger partial charge in [-0.3, -0.25) is 4.98 Å². The van der Waals surface area contributed by atoms with Crippen molar-refractivity contribution >= 4 is 16.9 Å². The van der Waals surface area contributed by atoms with Gasteiger partial charge in [-0.25, -0.2) is 8.78 Å². The number of nitrogens with one attached hydrogen (secondary N) is 1. The predicted molar refractivity (Wildman–Crippen MR) is 110 cm³/mol. The highest BCUT2D eigenvalue weighted by molar-refractivity contribution is 5.72. The second-order valence-electron chi connectivity index (χ2n) is 7.08. The van der Waals surface area contributed by atoms with Crippen LogP contribution in [0.3, 0.4) is 0 Å². The van der Waals surface area contributed by atoms with E-state index in [0.29, 0.717) is 12.1 Å². The first-order valence-electron chi connectivity index (χ1n) is 9.63. The number of nitrogens with zero attached hydrogens (tertiary/aromatic N) is 1. The van der Waals surface area contributed by atoms with Crippen LogP contribution >= 0.6 is 0 Å². The molecule has 142 valence electrons. The first kappa shape index (κ1) is 18.4. The maximum Gasteiger partial charge on any atom is 0.131 e. The van der Waals surface area contributed by atoms with Crippen molar-refractivity contribution in [2.45, 2.75) is 32.1 Å². The minimum absolute atomic E-state index is 0.168. The molecule has 0 saturated carbocycles. The molecule has 2 aromatic carbocycles. The van der Waals surface area contributed by atoms with Crippen LogP contribution in [0.2, 0.25) is 0 Å². The van der Waals surface area contributed by atoms with Gasteiger partial charge in [0.1, 0.15) is 11.6 Å². The lowest BCUT2D eigenvalue weighted by Gasteiger charge is -2.11. The SMILES string of the molecule is Fc1cc(Nc2ccncc2)cc(F)c1CCCCC1=CCc2ccccc21. The number of allylic oxidation sites excluding steroid dienone is 2. The second kappa shape index (κ2) is 8.34. The summed E-state index contributed by atoms with van der Waals surface area (Å²) in [6, 6.07) is 14.6. The van der Waals surface area contributed by atoms with E-state index in [1.165, 1.54) is 28.8 Å². The molecular formula is C24H22F2N2. The number of hydrogen-bond acceptors (Lipinski definition) is 2. The van der Waals surface area contributed by atoms with Crippen LogP contribution in [0.5, 0.6) is 0 Å². The Kier molecular flexibility index (Phi) is 5.47. The largest absolute Gasteiger partial charge is 0.355 e. The Balaban J connectivity index is 1.34. The molecular weight excluding hydrogens is 354 g/mol. The number of aromatic nitrogens is 1. The molecule has 0 saturated heterocycles. The van der Waals surface area contributed by atoms with E-state index in [2.05, 4.69) is 40.6 Å². The monoisotopic (exact) mass is 376 g/mol. The van der Waals surface area contributed by atoms with E-state index in [-0.39, 0.29) is 5.56 Å². The summed E-state index contributed by atoms with van der Waals surface area (Å²) >= 11 is 0. The Hall–Kier alpha value is -3.01. The van der Waals surface area contributed by atoms with Gasteiger partial charge in [0.15, 0.2) is 0 Å². The van der Waals surface area contributed by atoms with Crippen LogP contribution in [0, 0.1) is 11.6 Å². The molecule has 0 unspecified atom stereocenters. The van der Waals surface area contributed by atoms with E-state index in [4.69, 9.17) is 0 Å². The van der Waals surface area contributed by atoms with E-state index in [1.54, 1.807) is 24.5 Å². The van der Waals surface area contributed by atoms with Gasteiger partial charge < -0.3 is 5.32 Å². The van der Waals surface area contributed by atoms with Crippen molar-refractivity contribution in [2.75, 3.05) is 5.32 Å². The molecule has 0 atom stereocenters. The van der Waals surface area contributed by atoms with Crippen molar-refractivity contribution in [1.82, 2.24) is 4.98 Å². The topological polar surface area (TPSA) is 24.9 Å². The number of halogens is 2. The van der Waals surface area contributed by atoms with Crippen LogP contribution < -0.4 is 5.32 Å². The lowest BCUT2D eigenvalue weighted by atomic mass is 9.99. The fourth-order valence-corrected chi connectivity index (χ4v) is 3.72. The summed E-state index contributed by atoms with van der Waals surface area (Å²) in [5, 5.41) is 3.00. The molecule has 0 aliphatic heterocycles. The maximum absolute atomic E-state index is 14.4. The van der Waals surface area contributed by atoms with Crippen LogP contribution in [0.15, 0.2) is 67.0 Å². The van der Waals surface area contributed by atoms with Gasteiger partial charge in [-0.1, -0.05) is 30.3 Å². The Bertz CT molecular complexity index is 973. The van der Waals surface area contributed by atoms with Crippen LogP contribution in [0.1, 0.15) is 36.0 Å². The van der Waals surface area contributed by atoms with Crippen LogP contribution in [0.25, 0.3) is 5.57 Å². The summed E-state index contributed by atoms with van der Waals surface area (Å²) in [6.07, 6.45) is 9.53. The average Bonchev–Trinajstić information content (AvgIpc) is 3.11. The third kappa shape index (κ3) is 4.11. The number of pyridine rings is 1. The van der Waals surface area contributed by atoms with Crippen molar-refractivity contribution in [3.63, 3.8) is 0 Å². The van der Waals surface area contributed by atoms with Gasteiger partial charge in [0.2, 0.25) is 0 Å². The van der Waals surface area contributed by atoms with Gasteiger partial charge in [0.25, 0.3) is 0 Å². The van der Waals surface area contributed by atoms with Crippen molar-refractivity contribution in [3.8, 4) is 0 Å². The number of unbranched alkanes of at least 4 members (excludes halogenated alkanes) is 1. The fourth-order valence-electron chi connectivity index (χ4n) is 3.72. The average molecular weight is 376 g/mol. The van der Waals surface area contributed by atoms with Crippen molar-refractivity contribution in [1.29, 1.82) is 0 Å². The molecule has 1 aromatic heterocycles. The van der Waals surface area contributed by atoms with E-state index < -0.39 is 11.6 Å². The lowest BCUT2D eigenvalue weighted by molar-refractivity contribution is 0.548. The molecule has 28 heavy (non-hydrogen) atoms. The smallest absolute Gasteiger partial charge is 0.131 e. The quantitative estimate of drug-likeness (QED) is 0.479. The normalized spacial score (nSPS) is 12.6. The summed E-state index contributed by atoms with van der Waals surface area (Å²) in [5.74, 6) is -0.996. The van der Waals surface area contributed by atoms with Gasteiger partial charge in [0, 0.05) is 29.3 Å². The van der Waals surface area contributed by atoms with Gasteiger partial charge in [0.05, 0.1) is 0 Å². The predicted octanol–water partition coefficient (Wildman–Crippen LogP) is 6.46. The Morgan fingerprint density at radius 3 is 2.36 bits per heavy atom. The lowest BCUT2D eigenvalue weighted by Crippen LogP contribution is -2.00. The van der Waals surface area contributed by atoms with Gasteiger partial charge in [-0.2, -0.15) is 0 Å². The molecule has 2 nitrogen and oxygen atoms in total. The standard InChI is InChI=1S/C24H22F2N2/c25-23-15-20(28-19-11-13-27-14-12-19)16-24(26)22(23)8-4-2-6-18-10-9-17-5-1-3-7-21(17)18/h1,3,5,7,10-16H,2,4,6,8-9H2,(H,27,28). The van der Waals surface area contributed by atoms with Gasteiger partial charge in [-0.15, -0.1) is 0 Å². The third-order valence-corrected chi connectivity index (χ3v) is 5.16. The molecule has 1 aliphatic carbocycles. The van der Waals surface area contributed by atoms with Gasteiger partial charge in [-0.05, 0) is 73.1 Å². The van der Waals surface area contributed by atoms with Crippen molar-refractivity contribution in [3.05, 3.63) is 95.3 Å². The minimum Gasteiger partial charge on any atom is -0.355 e. The Morgan fingerprint density at radius 1 is 0.857 bits per heavy atom. The molecule has 4 heteroatoms. The summed E-state index contributed by atoms with van der Waals surface area (Å²) in [7, 11) is 0. The number of benzene rings is 2. The molecule has 0 spiro atoms. The highest BCUT2D eigenvalue weighted by atomic mass is 19.1. The second-order valence-corrected chi connectivity index (χ2v) is 7.08. The zero-order chi connectivity index (χ0) is 19.3. The van der Waals surface area contributed by atoms with E-state index in [9.17, 15) is 8.78 Å². The van der Waals surface area contributed by atoms with Crippen molar-refractivity contribution < 1.29 is 8.78 Å². The van der Waals surface area contributed by atoms with Crippen molar-refractivity contribution in [2.24, 2.45) is 0 Å². The molecule has 4 rings (SSSR count). The molecule has 1 heterocycles. The van der Waals surface area contributed by atoms with Gasteiger partial charge >= 0.3 is 0 Å². The molecule has 0 radical (unpaired) electrons. The molecule has 0 amide bonds. The van der Waals surface area contributed by atoms with E-state index in [1.807, 2.05) is 0 Å². The highest BCUT2D eigenvalue weighted by Crippen LogP contribution is 2.31. The summed E-state index contributed by atoms with van der Waals surface area (Å²) in [6.45, 7) is 0. The maximum atomic E-state index is 14.4. The number of fused-ring (bicyclic) bond motifs is 1. The zero-order valence-corrected chi connectivity index (χ0v) is 15.6. The molecule has 0 bridgehead atoms. The number of hydrogen-bond donors (Lipinski definition) is 1. The highest BCUT2D eigenvalue weighted by Gasteiger charge is 2.14. The fraction of sp³-hybridized carbons (Fsp3) is 0.208. The molecule has 3 aromatic rings. The molecule has 1 aliphatic rings. The third-order valence-electron chi connectivity index (χ3n) is 5.16. The summed E-state index contributed by atoms with van der Waals surface area (Å²) < 4.78 is 28.9. The molecule has 0 fully saturated rings. The number of rotatable bonds is 7. The summed E-state index contributed by atoms with van der Waals surface area (Å²) in [4.78, 5) is 3.93.